The van der Waals surface area contributed by atoms with Crippen LogP contribution in [0.1, 0.15) is 11.5 Å². The molecule has 0 aromatic heterocycles. The zero-order valence-corrected chi connectivity index (χ0v) is 14.3. The molecular formula is C16H14BrNO4S. The Labute approximate surface area is 142 Å². The molecule has 0 spiro atoms. The first-order valence-electron chi connectivity index (χ1n) is 6.86. The van der Waals surface area contributed by atoms with E-state index in [1.807, 2.05) is 0 Å². The molecule has 120 valence electrons. The van der Waals surface area contributed by atoms with Gasteiger partial charge in [-0.2, -0.15) is 0 Å². The molecule has 0 unspecified atom stereocenters. The zero-order chi connectivity index (χ0) is 16.8. The van der Waals surface area contributed by atoms with Gasteiger partial charge in [0.15, 0.2) is 9.84 Å². The molecule has 2 aromatic rings. The van der Waals surface area contributed by atoms with Crippen LogP contribution in [-0.4, -0.2) is 30.3 Å². The molecule has 0 bridgehead atoms. The molecule has 3 rings (SSSR count). The van der Waals surface area contributed by atoms with Crippen LogP contribution in [-0.2, 0) is 14.6 Å². The van der Waals surface area contributed by atoms with Gasteiger partial charge >= 0.3 is 5.97 Å². The SMILES string of the molecule is N[C@]1(C(=O)O)[C@H](c2ccc(Br)cc2)[C@H]1S(=O)(=O)c1ccccc1. The van der Waals surface area contributed by atoms with Crippen molar-refractivity contribution in [1.29, 1.82) is 0 Å². The first-order chi connectivity index (χ1) is 10.8. The van der Waals surface area contributed by atoms with Gasteiger partial charge in [-0.25, -0.2) is 8.42 Å². The molecule has 1 fully saturated rings. The number of carboxylic acids is 1. The third kappa shape index (κ3) is 2.49. The Morgan fingerprint density at radius 1 is 1.09 bits per heavy atom. The molecule has 1 aliphatic rings. The molecule has 3 atom stereocenters. The van der Waals surface area contributed by atoms with Crippen molar-refractivity contribution in [1.82, 2.24) is 0 Å². The largest absolute Gasteiger partial charge is 0.480 e. The number of halogens is 1. The lowest BCUT2D eigenvalue weighted by molar-refractivity contribution is -0.139. The number of carbonyl (C=O) groups is 1. The third-order valence-corrected chi connectivity index (χ3v) is 6.97. The van der Waals surface area contributed by atoms with Crippen molar-refractivity contribution in [2.24, 2.45) is 5.73 Å². The summed E-state index contributed by atoms with van der Waals surface area (Å²) in [5.41, 5.74) is 4.76. The molecule has 0 radical (unpaired) electrons. The molecule has 23 heavy (non-hydrogen) atoms. The second-order valence-corrected chi connectivity index (χ2v) is 8.53. The summed E-state index contributed by atoms with van der Waals surface area (Å²) in [6.07, 6.45) is 0. The second kappa shape index (κ2) is 5.43. The van der Waals surface area contributed by atoms with Crippen LogP contribution < -0.4 is 5.73 Å². The highest BCUT2D eigenvalue weighted by molar-refractivity contribution is 9.10. The molecule has 0 heterocycles. The van der Waals surface area contributed by atoms with E-state index in [2.05, 4.69) is 15.9 Å². The minimum absolute atomic E-state index is 0.0840. The van der Waals surface area contributed by atoms with E-state index >= 15 is 0 Å². The van der Waals surface area contributed by atoms with Crippen molar-refractivity contribution in [2.45, 2.75) is 21.6 Å². The van der Waals surface area contributed by atoms with Gasteiger partial charge in [0, 0.05) is 10.4 Å². The fourth-order valence-electron chi connectivity index (χ4n) is 2.94. The van der Waals surface area contributed by atoms with Crippen molar-refractivity contribution < 1.29 is 18.3 Å². The Morgan fingerprint density at radius 2 is 1.65 bits per heavy atom. The summed E-state index contributed by atoms with van der Waals surface area (Å²) in [4.78, 5) is 11.7. The van der Waals surface area contributed by atoms with Crippen molar-refractivity contribution >= 4 is 31.7 Å². The van der Waals surface area contributed by atoms with Crippen molar-refractivity contribution in [3.8, 4) is 0 Å². The van der Waals surface area contributed by atoms with Crippen molar-refractivity contribution in [3.05, 3.63) is 64.6 Å². The van der Waals surface area contributed by atoms with E-state index < -0.39 is 32.5 Å². The quantitative estimate of drug-likeness (QED) is 0.826. The predicted octanol–water partition coefficient (Wildman–Crippen LogP) is 2.17. The lowest BCUT2D eigenvalue weighted by Gasteiger charge is -2.06. The van der Waals surface area contributed by atoms with Crippen LogP contribution in [0.25, 0.3) is 0 Å². The van der Waals surface area contributed by atoms with Crippen LogP contribution >= 0.6 is 15.9 Å². The van der Waals surface area contributed by atoms with Gasteiger partial charge in [0.05, 0.1) is 4.90 Å². The Kier molecular flexibility index (Phi) is 3.82. The topological polar surface area (TPSA) is 97.5 Å². The van der Waals surface area contributed by atoms with E-state index in [-0.39, 0.29) is 4.90 Å². The predicted molar refractivity (Wildman–Crippen MR) is 88.9 cm³/mol. The fraction of sp³-hybridized carbons (Fsp3) is 0.188. The summed E-state index contributed by atoms with van der Waals surface area (Å²) in [6.45, 7) is 0. The summed E-state index contributed by atoms with van der Waals surface area (Å²) in [7, 11) is -3.84. The molecule has 5 nitrogen and oxygen atoms in total. The molecule has 0 saturated heterocycles. The van der Waals surface area contributed by atoms with Crippen LogP contribution in [0.15, 0.2) is 64.0 Å². The van der Waals surface area contributed by atoms with E-state index in [9.17, 15) is 18.3 Å². The molecule has 0 amide bonds. The van der Waals surface area contributed by atoms with E-state index in [4.69, 9.17) is 5.73 Å². The van der Waals surface area contributed by atoms with Crippen LogP contribution in [0.4, 0.5) is 0 Å². The number of hydrogen-bond donors (Lipinski definition) is 2. The average molecular weight is 396 g/mol. The van der Waals surface area contributed by atoms with Gasteiger partial charge in [0.2, 0.25) is 0 Å². The van der Waals surface area contributed by atoms with Gasteiger partial charge in [-0.3, -0.25) is 4.79 Å². The molecule has 3 N–H and O–H groups in total. The smallest absolute Gasteiger partial charge is 0.325 e. The Balaban J connectivity index is 2.07. The minimum atomic E-state index is -3.84. The number of rotatable bonds is 4. The van der Waals surface area contributed by atoms with Crippen LogP contribution in [0.5, 0.6) is 0 Å². The number of benzene rings is 2. The average Bonchev–Trinajstić information content (AvgIpc) is 3.18. The third-order valence-electron chi connectivity index (χ3n) is 4.18. The number of aliphatic carboxylic acids is 1. The summed E-state index contributed by atoms with van der Waals surface area (Å²) in [5, 5.41) is 8.30. The van der Waals surface area contributed by atoms with Gasteiger partial charge in [-0.15, -0.1) is 0 Å². The van der Waals surface area contributed by atoms with Gasteiger partial charge in [0.1, 0.15) is 10.8 Å². The lowest BCUT2D eigenvalue weighted by atomic mass is 10.1. The van der Waals surface area contributed by atoms with Crippen LogP contribution in [0.2, 0.25) is 0 Å². The summed E-state index contributed by atoms with van der Waals surface area (Å²) >= 11 is 3.30. The van der Waals surface area contributed by atoms with E-state index in [0.717, 1.165) is 4.47 Å². The number of hydrogen-bond acceptors (Lipinski definition) is 4. The maximum absolute atomic E-state index is 12.8. The first-order valence-corrected chi connectivity index (χ1v) is 9.20. The molecule has 1 aliphatic carbocycles. The van der Waals surface area contributed by atoms with Gasteiger partial charge in [-0.05, 0) is 29.8 Å². The monoisotopic (exact) mass is 395 g/mol. The fourth-order valence-corrected chi connectivity index (χ4v) is 5.46. The summed E-state index contributed by atoms with van der Waals surface area (Å²) in [6, 6.07) is 14.7. The van der Waals surface area contributed by atoms with Gasteiger partial charge < -0.3 is 10.8 Å². The minimum Gasteiger partial charge on any atom is -0.480 e. The molecule has 2 aromatic carbocycles. The molecule has 1 saturated carbocycles. The maximum atomic E-state index is 12.8. The van der Waals surface area contributed by atoms with E-state index in [1.54, 1.807) is 42.5 Å². The highest BCUT2D eigenvalue weighted by atomic mass is 79.9. The number of sulfone groups is 1. The van der Waals surface area contributed by atoms with Gasteiger partial charge in [0.25, 0.3) is 0 Å². The number of nitrogens with two attached hydrogens (primary N) is 1. The normalized spacial score (nSPS) is 26.7. The van der Waals surface area contributed by atoms with Crippen molar-refractivity contribution in [3.63, 3.8) is 0 Å². The molecule has 7 heteroatoms. The maximum Gasteiger partial charge on any atom is 0.325 e. The van der Waals surface area contributed by atoms with Crippen LogP contribution in [0, 0.1) is 0 Å². The standard InChI is InChI=1S/C16H14BrNO4S/c17-11-8-6-10(7-9-11)13-14(16(13,18)15(19)20)23(21,22)12-4-2-1-3-5-12/h1-9,13-14H,18H2,(H,19,20)/t13-,14-,16-/m1/s1. The molecule has 0 aliphatic heterocycles. The van der Waals surface area contributed by atoms with E-state index in [0.29, 0.717) is 5.56 Å². The Morgan fingerprint density at radius 3 is 2.17 bits per heavy atom. The van der Waals surface area contributed by atoms with Crippen LogP contribution in [0.3, 0.4) is 0 Å². The Bertz CT molecular complexity index is 851. The Hall–Kier alpha value is -1.70. The highest BCUT2D eigenvalue weighted by Crippen LogP contribution is 2.55. The van der Waals surface area contributed by atoms with E-state index in [1.165, 1.54) is 12.1 Å². The van der Waals surface area contributed by atoms with Gasteiger partial charge in [-0.1, -0.05) is 46.3 Å². The summed E-state index contributed by atoms with van der Waals surface area (Å²) in [5.74, 6) is -2.09. The first kappa shape index (κ1) is 16.2. The molecular weight excluding hydrogens is 382 g/mol. The second-order valence-electron chi connectivity index (χ2n) is 5.55. The number of carboxylic acid groups (broad SMARTS) is 1. The highest BCUT2D eigenvalue weighted by Gasteiger charge is 2.74. The summed E-state index contributed by atoms with van der Waals surface area (Å²) < 4.78 is 26.4. The lowest BCUT2D eigenvalue weighted by Crippen LogP contribution is -2.39. The zero-order valence-electron chi connectivity index (χ0n) is 11.9. The van der Waals surface area contributed by atoms with Crippen molar-refractivity contribution in [2.75, 3.05) is 0 Å².